The van der Waals surface area contributed by atoms with Crippen molar-refractivity contribution >= 4 is 12.2 Å². The molecule has 3 atom stereocenters. The van der Waals surface area contributed by atoms with Crippen molar-refractivity contribution in [2.75, 3.05) is 13.3 Å². The van der Waals surface area contributed by atoms with E-state index < -0.39 is 6.16 Å². The molecule has 7 heteroatoms. The fraction of sp³-hybridized carbons (Fsp3) is 0.548. The van der Waals surface area contributed by atoms with Crippen LogP contribution in [-0.4, -0.2) is 42.6 Å². The highest BCUT2D eigenvalue weighted by molar-refractivity contribution is 5.69. The maximum atomic E-state index is 13.2. The van der Waals surface area contributed by atoms with Gasteiger partial charge < -0.3 is 23.8 Å². The summed E-state index contributed by atoms with van der Waals surface area (Å²) in [6.07, 6.45) is 9.51. The summed E-state index contributed by atoms with van der Waals surface area (Å²) in [5.74, 6) is 1.12. The van der Waals surface area contributed by atoms with Crippen molar-refractivity contribution in [3.63, 3.8) is 0 Å². The molecule has 2 saturated carbocycles. The summed E-state index contributed by atoms with van der Waals surface area (Å²) in [7, 11) is 0. The van der Waals surface area contributed by atoms with Gasteiger partial charge >= 0.3 is 12.2 Å². The van der Waals surface area contributed by atoms with Crippen LogP contribution in [0.3, 0.4) is 0 Å². The quantitative estimate of drug-likeness (QED) is 0.320. The van der Waals surface area contributed by atoms with Gasteiger partial charge in [0.1, 0.15) is 18.5 Å². The Kier molecular flexibility index (Phi) is 7.18. The van der Waals surface area contributed by atoms with Gasteiger partial charge in [-0.3, -0.25) is 0 Å². The number of fused-ring (bicyclic) bond motifs is 1. The molecule has 4 aliphatic rings. The van der Waals surface area contributed by atoms with Crippen LogP contribution in [0.1, 0.15) is 74.5 Å². The van der Waals surface area contributed by atoms with E-state index in [1.54, 1.807) is 0 Å². The van der Waals surface area contributed by atoms with E-state index in [9.17, 15) is 9.59 Å². The number of carbonyl (C=O) groups excluding carboxylic acids is 2. The van der Waals surface area contributed by atoms with Gasteiger partial charge in [-0.2, -0.15) is 0 Å². The number of carbonyl (C=O) groups is 2. The topological polar surface area (TPSA) is 74.3 Å². The van der Waals surface area contributed by atoms with E-state index in [1.165, 1.54) is 24.0 Å². The molecule has 0 aromatic heterocycles. The van der Waals surface area contributed by atoms with Crippen molar-refractivity contribution < 1.29 is 28.5 Å². The number of piperidine rings is 1. The van der Waals surface area contributed by atoms with Gasteiger partial charge in [-0.15, -0.1) is 0 Å². The standard InChI is InChI=1S/C31H37NO6/c33-29(35-20-22-8-2-1-3-9-22)32-17-16-31-15-7-6-12-26(31)28(32)18-23-13-14-25(19-27(23)31)36-21-37-30(34)38-24-10-4-5-11-24/h1-3,8-9,13-14,19,24,26,28H,4-7,10-12,15-18,20-21H2/t26-,28-,31+/m1/s1. The van der Waals surface area contributed by atoms with E-state index in [4.69, 9.17) is 18.9 Å². The fourth-order valence-corrected chi connectivity index (χ4v) is 7.42. The molecular weight excluding hydrogens is 482 g/mol. The summed E-state index contributed by atoms with van der Waals surface area (Å²) in [4.78, 5) is 27.2. The minimum Gasteiger partial charge on any atom is -0.457 e. The highest BCUT2D eigenvalue weighted by Crippen LogP contribution is 2.56. The lowest BCUT2D eigenvalue weighted by Crippen LogP contribution is -2.62. The number of hydrogen-bond donors (Lipinski definition) is 0. The number of ether oxygens (including phenoxy) is 4. The number of rotatable bonds is 6. The molecule has 1 amide bonds. The lowest BCUT2D eigenvalue weighted by Gasteiger charge is -2.58. The summed E-state index contributed by atoms with van der Waals surface area (Å²) in [5, 5.41) is 0. The lowest BCUT2D eigenvalue weighted by molar-refractivity contribution is -0.0170. The monoisotopic (exact) mass is 519 g/mol. The van der Waals surface area contributed by atoms with E-state index in [2.05, 4.69) is 12.1 Å². The van der Waals surface area contributed by atoms with E-state index in [1.807, 2.05) is 41.3 Å². The minimum atomic E-state index is -0.657. The molecule has 38 heavy (non-hydrogen) atoms. The first-order valence-corrected chi connectivity index (χ1v) is 14.2. The van der Waals surface area contributed by atoms with E-state index in [0.717, 1.165) is 56.9 Å². The fourth-order valence-electron chi connectivity index (χ4n) is 7.42. The first-order valence-electron chi connectivity index (χ1n) is 14.2. The molecular formula is C31H37NO6. The van der Waals surface area contributed by atoms with Crippen LogP contribution in [0.15, 0.2) is 48.5 Å². The third-order valence-electron chi connectivity index (χ3n) is 9.22. The van der Waals surface area contributed by atoms with Gasteiger partial charge in [0.05, 0.1) is 0 Å². The molecule has 7 nitrogen and oxygen atoms in total. The molecule has 2 aromatic rings. The zero-order chi connectivity index (χ0) is 26.0. The first kappa shape index (κ1) is 25.1. The van der Waals surface area contributed by atoms with Crippen LogP contribution in [0.2, 0.25) is 0 Å². The second-order valence-electron chi connectivity index (χ2n) is 11.3. The number of hydrogen-bond acceptors (Lipinski definition) is 6. The smallest absolute Gasteiger partial charge is 0.457 e. The Labute approximate surface area is 224 Å². The zero-order valence-electron chi connectivity index (χ0n) is 21.9. The Hall–Kier alpha value is -3.22. The summed E-state index contributed by atoms with van der Waals surface area (Å²) in [5.41, 5.74) is 3.68. The van der Waals surface area contributed by atoms with Crippen LogP contribution in [0, 0.1) is 5.92 Å². The molecule has 3 fully saturated rings. The Morgan fingerprint density at radius 2 is 1.74 bits per heavy atom. The van der Waals surface area contributed by atoms with Crippen molar-refractivity contribution in [2.24, 2.45) is 5.92 Å². The molecule has 1 heterocycles. The Balaban J connectivity index is 1.13. The van der Waals surface area contributed by atoms with Crippen LogP contribution in [0.25, 0.3) is 0 Å². The summed E-state index contributed by atoms with van der Waals surface area (Å²) >= 11 is 0. The average Bonchev–Trinajstić information content (AvgIpc) is 3.45. The zero-order valence-corrected chi connectivity index (χ0v) is 21.9. The molecule has 202 valence electrons. The van der Waals surface area contributed by atoms with Crippen molar-refractivity contribution in [2.45, 2.75) is 88.4 Å². The molecule has 0 radical (unpaired) electrons. The first-order chi connectivity index (χ1) is 18.6. The molecule has 0 N–H and O–H groups in total. The maximum absolute atomic E-state index is 13.2. The van der Waals surface area contributed by atoms with Gasteiger partial charge in [-0.25, -0.2) is 9.59 Å². The highest BCUT2D eigenvalue weighted by Gasteiger charge is 2.55. The second-order valence-corrected chi connectivity index (χ2v) is 11.3. The van der Waals surface area contributed by atoms with Gasteiger partial charge in [0, 0.05) is 18.0 Å². The van der Waals surface area contributed by atoms with Gasteiger partial charge in [-0.05, 0) is 86.1 Å². The molecule has 2 bridgehead atoms. The van der Waals surface area contributed by atoms with E-state index in [0.29, 0.717) is 24.8 Å². The number of benzene rings is 2. The maximum Gasteiger partial charge on any atom is 0.511 e. The second kappa shape index (κ2) is 10.9. The van der Waals surface area contributed by atoms with E-state index >= 15 is 0 Å². The Bertz CT molecular complexity index is 1150. The van der Waals surface area contributed by atoms with Gasteiger partial charge in [0.2, 0.25) is 6.79 Å². The third-order valence-corrected chi connectivity index (χ3v) is 9.22. The average molecular weight is 520 g/mol. The number of amides is 1. The summed E-state index contributed by atoms with van der Waals surface area (Å²) < 4.78 is 22.2. The molecule has 3 aliphatic carbocycles. The molecule has 1 aliphatic heterocycles. The molecule has 2 aromatic carbocycles. The number of likely N-dealkylation sites (tertiary alicyclic amines) is 1. The lowest BCUT2D eigenvalue weighted by atomic mass is 9.52. The van der Waals surface area contributed by atoms with Crippen molar-refractivity contribution in [3.8, 4) is 5.75 Å². The van der Waals surface area contributed by atoms with Crippen molar-refractivity contribution in [1.29, 1.82) is 0 Å². The summed E-state index contributed by atoms with van der Waals surface area (Å²) in [6.45, 7) is 0.839. The Morgan fingerprint density at radius 1 is 0.921 bits per heavy atom. The Morgan fingerprint density at radius 3 is 2.58 bits per heavy atom. The normalized spacial score (nSPS) is 26.2. The van der Waals surface area contributed by atoms with Gasteiger partial charge in [0.25, 0.3) is 0 Å². The van der Waals surface area contributed by atoms with Crippen LogP contribution in [-0.2, 0) is 32.7 Å². The minimum absolute atomic E-state index is 0.0250. The van der Waals surface area contributed by atoms with Gasteiger partial charge in [-0.1, -0.05) is 49.2 Å². The largest absolute Gasteiger partial charge is 0.511 e. The highest BCUT2D eigenvalue weighted by atomic mass is 16.8. The van der Waals surface area contributed by atoms with Crippen molar-refractivity contribution in [1.82, 2.24) is 4.90 Å². The summed E-state index contributed by atoms with van der Waals surface area (Å²) in [6, 6.07) is 16.2. The predicted molar refractivity (Wildman–Crippen MR) is 141 cm³/mol. The molecule has 6 rings (SSSR count). The van der Waals surface area contributed by atoms with Crippen molar-refractivity contribution in [3.05, 3.63) is 65.2 Å². The molecule has 0 unspecified atom stereocenters. The number of nitrogens with zero attached hydrogens (tertiary/aromatic N) is 1. The van der Waals surface area contributed by atoms with Crippen LogP contribution in [0.4, 0.5) is 9.59 Å². The third kappa shape index (κ3) is 4.95. The van der Waals surface area contributed by atoms with Crippen LogP contribution < -0.4 is 4.74 Å². The SMILES string of the molecule is O=C(OCOc1ccc2c(c1)[C@]13CCCC[C@@H]1[C@@H](C2)N(C(=O)OCc1ccccc1)CC3)OC1CCCC1. The molecule has 0 spiro atoms. The van der Waals surface area contributed by atoms with Crippen LogP contribution in [0.5, 0.6) is 5.75 Å². The molecule has 1 saturated heterocycles. The van der Waals surface area contributed by atoms with E-state index in [-0.39, 0.29) is 30.4 Å². The van der Waals surface area contributed by atoms with Crippen LogP contribution >= 0.6 is 0 Å². The predicted octanol–water partition coefficient (Wildman–Crippen LogP) is 6.51. The van der Waals surface area contributed by atoms with Gasteiger partial charge in [0.15, 0.2) is 0 Å².